The second kappa shape index (κ2) is 9.23. The van der Waals surface area contributed by atoms with Crippen LogP contribution in [0.2, 0.25) is 0 Å². The summed E-state index contributed by atoms with van der Waals surface area (Å²) in [5, 5.41) is 3.33. The number of nitrogens with one attached hydrogen (secondary N) is 1. The van der Waals surface area contributed by atoms with Gasteiger partial charge in [0, 0.05) is 45.1 Å². The monoisotopic (exact) mass is 390 g/mol. The molecule has 0 atom stereocenters. The first-order valence-electron chi connectivity index (χ1n) is 9.92. The molecule has 7 heteroatoms. The molecule has 29 heavy (non-hydrogen) atoms. The molecular weight excluding hydrogens is 364 g/mol. The Bertz CT molecular complexity index is 912. The summed E-state index contributed by atoms with van der Waals surface area (Å²) in [5.74, 6) is 3.54. The van der Waals surface area contributed by atoms with Gasteiger partial charge in [-0.2, -0.15) is 4.98 Å². The van der Waals surface area contributed by atoms with E-state index in [4.69, 9.17) is 9.72 Å². The lowest BCUT2D eigenvalue weighted by atomic mass is 10.1. The standard InChI is InChI=1S/C22H26N6O/c1-29-19-6-4-5-18(17-19)8-11-24-22-25-12-9-21(26-22)28-15-13-27(14-16-28)20-7-2-3-10-23-20/h2-7,9-10,12,17H,8,11,13-16H2,1H3,(H,24,25,26). The molecule has 1 fully saturated rings. The molecule has 1 aliphatic heterocycles. The molecule has 150 valence electrons. The first-order chi connectivity index (χ1) is 14.3. The number of ether oxygens (including phenoxy) is 1. The van der Waals surface area contributed by atoms with Crippen LogP contribution in [0.1, 0.15) is 5.56 Å². The van der Waals surface area contributed by atoms with Crippen LogP contribution in [0.15, 0.2) is 60.9 Å². The van der Waals surface area contributed by atoms with Gasteiger partial charge in [0.1, 0.15) is 17.4 Å². The van der Waals surface area contributed by atoms with E-state index in [-0.39, 0.29) is 0 Å². The number of pyridine rings is 1. The Morgan fingerprint density at radius 2 is 1.72 bits per heavy atom. The van der Waals surface area contributed by atoms with Crippen LogP contribution >= 0.6 is 0 Å². The Morgan fingerprint density at radius 1 is 0.897 bits per heavy atom. The van der Waals surface area contributed by atoms with Gasteiger partial charge in [-0.3, -0.25) is 0 Å². The molecule has 1 aromatic carbocycles. The van der Waals surface area contributed by atoms with Crippen molar-refractivity contribution in [2.75, 3.05) is 55.0 Å². The zero-order valence-corrected chi connectivity index (χ0v) is 16.7. The number of benzene rings is 1. The molecular formula is C22H26N6O. The van der Waals surface area contributed by atoms with Crippen molar-refractivity contribution in [3.05, 3.63) is 66.5 Å². The molecule has 7 nitrogen and oxygen atoms in total. The van der Waals surface area contributed by atoms with E-state index in [1.165, 1.54) is 5.56 Å². The van der Waals surface area contributed by atoms with Gasteiger partial charge in [-0.15, -0.1) is 0 Å². The molecule has 0 saturated carbocycles. The van der Waals surface area contributed by atoms with Crippen LogP contribution in [0.4, 0.5) is 17.6 Å². The second-order valence-electron chi connectivity index (χ2n) is 6.93. The van der Waals surface area contributed by atoms with E-state index in [9.17, 15) is 0 Å². The molecule has 0 radical (unpaired) electrons. The van der Waals surface area contributed by atoms with Crippen LogP contribution in [0, 0.1) is 0 Å². The quantitative estimate of drug-likeness (QED) is 0.665. The van der Waals surface area contributed by atoms with Crippen molar-refractivity contribution in [2.45, 2.75) is 6.42 Å². The predicted octanol–water partition coefficient (Wildman–Crippen LogP) is 2.86. The van der Waals surface area contributed by atoms with Gasteiger partial charge >= 0.3 is 0 Å². The fourth-order valence-electron chi connectivity index (χ4n) is 3.46. The molecule has 4 rings (SSSR count). The Kier molecular flexibility index (Phi) is 6.04. The van der Waals surface area contributed by atoms with Crippen molar-refractivity contribution in [3.63, 3.8) is 0 Å². The minimum absolute atomic E-state index is 0.664. The first-order valence-corrected chi connectivity index (χ1v) is 9.92. The fraction of sp³-hybridized carbons (Fsp3) is 0.318. The number of anilines is 3. The van der Waals surface area contributed by atoms with Gasteiger partial charge in [-0.25, -0.2) is 9.97 Å². The van der Waals surface area contributed by atoms with Gasteiger partial charge in [-0.05, 0) is 42.3 Å². The van der Waals surface area contributed by atoms with E-state index in [0.29, 0.717) is 5.95 Å². The van der Waals surface area contributed by atoms with Crippen molar-refractivity contribution in [3.8, 4) is 5.75 Å². The van der Waals surface area contributed by atoms with Crippen LogP contribution < -0.4 is 19.9 Å². The highest BCUT2D eigenvalue weighted by atomic mass is 16.5. The van der Waals surface area contributed by atoms with Crippen molar-refractivity contribution in [1.82, 2.24) is 15.0 Å². The molecule has 0 amide bonds. The Balaban J connectivity index is 1.31. The summed E-state index contributed by atoms with van der Waals surface area (Å²) in [7, 11) is 1.69. The van der Waals surface area contributed by atoms with Crippen molar-refractivity contribution in [1.29, 1.82) is 0 Å². The largest absolute Gasteiger partial charge is 0.497 e. The third-order valence-corrected chi connectivity index (χ3v) is 5.05. The fourth-order valence-corrected chi connectivity index (χ4v) is 3.46. The Morgan fingerprint density at radius 3 is 2.48 bits per heavy atom. The summed E-state index contributed by atoms with van der Waals surface area (Å²) in [5.41, 5.74) is 1.22. The van der Waals surface area contributed by atoms with Gasteiger partial charge in [0.25, 0.3) is 0 Å². The number of methoxy groups -OCH3 is 1. The Labute approximate surface area is 171 Å². The van der Waals surface area contributed by atoms with E-state index in [1.807, 2.05) is 42.7 Å². The normalized spacial score (nSPS) is 14.0. The van der Waals surface area contributed by atoms with Gasteiger partial charge in [0.2, 0.25) is 5.95 Å². The average Bonchev–Trinajstić information content (AvgIpc) is 2.80. The lowest BCUT2D eigenvalue weighted by molar-refractivity contribution is 0.414. The number of hydrogen-bond donors (Lipinski definition) is 1. The van der Waals surface area contributed by atoms with Crippen LogP contribution in [-0.4, -0.2) is 54.8 Å². The minimum Gasteiger partial charge on any atom is -0.497 e. The van der Waals surface area contributed by atoms with E-state index in [0.717, 1.165) is 56.5 Å². The van der Waals surface area contributed by atoms with Crippen molar-refractivity contribution < 1.29 is 4.74 Å². The third kappa shape index (κ3) is 4.93. The molecule has 2 aromatic heterocycles. The SMILES string of the molecule is COc1cccc(CCNc2nccc(N3CCN(c4ccccn4)CC3)n2)c1. The van der Waals surface area contributed by atoms with Crippen LogP contribution in [0.3, 0.4) is 0 Å². The van der Waals surface area contributed by atoms with Gasteiger partial charge in [0.05, 0.1) is 7.11 Å². The maximum atomic E-state index is 5.28. The summed E-state index contributed by atoms with van der Waals surface area (Å²) >= 11 is 0. The summed E-state index contributed by atoms with van der Waals surface area (Å²) in [4.78, 5) is 18.1. The number of piperazine rings is 1. The summed E-state index contributed by atoms with van der Waals surface area (Å²) in [6.07, 6.45) is 4.55. The average molecular weight is 390 g/mol. The summed E-state index contributed by atoms with van der Waals surface area (Å²) in [6.45, 7) is 4.46. The van der Waals surface area contributed by atoms with E-state index < -0.39 is 0 Å². The lowest BCUT2D eigenvalue weighted by Crippen LogP contribution is -2.47. The maximum absolute atomic E-state index is 5.28. The Hall–Kier alpha value is -3.35. The second-order valence-corrected chi connectivity index (χ2v) is 6.93. The summed E-state index contributed by atoms with van der Waals surface area (Å²) < 4.78 is 5.28. The predicted molar refractivity (Wildman–Crippen MR) is 116 cm³/mol. The van der Waals surface area contributed by atoms with Gasteiger partial charge in [-0.1, -0.05) is 18.2 Å². The maximum Gasteiger partial charge on any atom is 0.224 e. The van der Waals surface area contributed by atoms with Crippen LogP contribution in [0.5, 0.6) is 5.75 Å². The number of nitrogens with zero attached hydrogens (tertiary/aromatic N) is 5. The molecule has 0 aliphatic carbocycles. The van der Waals surface area contributed by atoms with Crippen molar-refractivity contribution in [2.24, 2.45) is 0 Å². The first kappa shape index (κ1) is 19.0. The molecule has 3 heterocycles. The topological polar surface area (TPSA) is 66.4 Å². The van der Waals surface area contributed by atoms with Crippen LogP contribution in [0.25, 0.3) is 0 Å². The number of aromatic nitrogens is 3. The minimum atomic E-state index is 0.664. The molecule has 0 spiro atoms. The molecule has 3 aromatic rings. The zero-order valence-electron chi connectivity index (χ0n) is 16.7. The number of hydrogen-bond acceptors (Lipinski definition) is 7. The zero-order chi connectivity index (χ0) is 19.9. The molecule has 1 aliphatic rings. The highest BCUT2D eigenvalue weighted by Crippen LogP contribution is 2.18. The third-order valence-electron chi connectivity index (χ3n) is 5.05. The van der Waals surface area contributed by atoms with E-state index in [1.54, 1.807) is 7.11 Å². The van der Waals surface area contributed by atoms with Gasteiger partial charge in [0.15, 0.2) is 0 Å². The van der Waals surface area contributed by atoms with Crippen LogP contribution in [-0.2, 0) is 6.42 Å². The van der Waals surface area contributed by atoms with Crippen molar-refractivity contribution >= 4 is 17.6 Å². The smallest absolute Gasteiger partial charge is 0.224 e. The summed E-state index contributed by atoms with van der Waals surface area (Å²) in [6, 6.07) is 16.1. The lowest BCUT2D eigenvalue weighted by Gasteiger charge is -2.36. The van der Waals surface area contributed by atoms with E-state index in [2.05, 4.69) is 43.3 Å². The molecule has 1 N–H and O–H groups in total. The molecule has 1 saturated heterocycles. The van der Waals surface area contributed by atoms with E-state index >= 15 is 0 Å². The highest BCUT2D eigenvalue weighted by molar-refractivity contribution is 5.46. The molecule has 0 bridgehead atoms. The van der Waals surface area contributed by atoms with Gasteiger partial charge < -0.3 is 19.9 Å². The molecule has 0 unspecified atom stereocenters. The highest BCUT2D eigenvalue weighted by Gasteiger charge is 2.19. The number of rotatable bonds is 7.